The van der Waals surface area contributed by atoms with Crippen molar-refractivity contribution < 1.29 is 9.84 Å². The van der Waals surface area contributed by atoms with Crippen molar-refractivity contribution in [2.75, 3.05) is 6.61 Å². The molecule has 11 heavy (non-hydrogen) atoms. The Morgan fingerprint density at radius 2 is 2.45 bits per heavy atom. The lowest BCUT2D eigenvalue weighted by molar-refractivity contribution is -0.00325. The summed E-state index contributed by atoms with van der Waals surface area (Å²) in [7, 11) is 0. The Morgan fingerprint density at radius 1 is 1.82 bits per heavy atom. The highest BCUT2D eigenvalue weighted by Crippen LogP contribution is 2.03. The molecule has 1 N–H and O–H groups in total. The van der Waals surface area contributed by atoms with Crippen LogP contribution in [-0.4, -0.2) is 23.9 Å². The van der Waals surface area contributed by atoms with E-state index in [-0.39, 0.29) is 0 Å². The van der Waals surface area contributed by atoms with Crippen LogP contribution in [0.5, 0.6) is 0 Å². The number of aliphatic hydroxyl groups excluding tert-OH is 1. The van der Waals surface area contributed by atoms with Crippen LogP contribution in [0, 0.1) is 11.3 Å². The fraction of sp³-hybridized carbons (Fsp3) is 0.625. The fourth-order valence-corrected chi connectivity index (χ4v) is 0.707. The molecule has 0 aliphatic heterocycles. The van der Waals surface area contributed by atoms with Crippen LogP contribution >= 0.6 is 0 Å². The molecular formula is C8H13NO2. The molecule has 0 saturated carbocycles. The maximum absolute atomic E-state index is 9.02. The number of hydrogen-bond donors (Lipinski definition) is 1. The summed E-state index contributed by atoms with van der Waals surface area (Å²) >= 11 is 0. The Kier molecular flexibility index (Phi) is 5.44. The molecule has 0 aromatic rings. The van der Waals surface area contributed by atoms with Crippen molar-refractivity contribution in [3.63, 3.8) is 0 Å². The molecule has 0 aliphatic rings. The summed E-state index contributed by atoms with van der Waals surface area (Å²) in [4.78, 5) is 0. The van der Waals surface area contributed by atoms with Gasteiger partial charge in [-0.25, -0.2) is 0 Å². The lowest BCUT2D eigenvalue weighted by Crippen LogP contribution is -2.26. The van der Waals surface area contributed by atoms with Gasteiger partial charge in [0, 0.05) is 0 Å². The van der Waals surface area contributed by atoms with Gasteiger partial charge in [-0.2, -0.15) is 5.26 Å². The number of nitrogens with zero attached hydrogens (tertiary/aromatic N) is 1. The van der Waals surface area contributed by atoms with Gasteiger partial charge in [0.25, 0.3) is 0 Å². The smallest absolute Gasteiger partial charge is 0.166 e. The Bertz CT molecular complexity index is 151. The van der Waals surface area contributed by atoms with Crippen molar-refractivity contribution in [2.45, 2.75) is 25.6 Å². The molecule has 0 amide bonds. The standard InChI is InChI=1S/C8H13NO2/c1-3-5-11-8(4-2)7(10)6-9/h3,7-8,10H,1,4-5H2,2H3/t7-,8?/m1/s1. The molecule has 0 fully saturated rings. The van der Waals surface area contributed by atoms with Gasteiger partial charge in [-0.1, -0.05) is 13.0 Å². The van der Waals surface area contributed by atoms with E-state index < -0.39 is 12.2 Å². The second kappa shape index (κ2) is 5.90. The van der Waals surface area contributed by atoms with E-state index in [2.05, 4.69) is 6.58 Å². The number of nitriles is 1. The monoisotopic (exact) mass is 155 g/mol. The van der Waals surface area contributed by atoms with Crippen LogP contribution in [-0.2, 0) is 4.74 Å². The topological polar surface area (TPSA) is 53.2 Å². The molecule has 0 aliphatic carbocycles. The predicted octanol–water partition coefficient (Wildman–Crippen LogP) is 0.852. The first-order chi connectivity index (χ1) is 5.26. The van der Waals surface area contributed by atoms with E-state index in [1.54, 1.807) is 12.1 Å². The van der Waals surface area contributed by atoms with Gasteiger partial charge >= 0.3 is 0 Å². The summed E-state index contributed by atoms with van der Waals surface area (Å²) in [6.45, 7) is 5.69. The number of hydrogen-bond acceptors (Lipinski definition) is 3. The molecule has 3 heteroatoms. The lowest BCUT2D eigenvalue weighted by atomic mass is 10.2. The molecule has 2 atom stereocenters. The normalized spacial score (nSPS) is 15.0. The minimum Gasteiger partial charge on any atom is -0.375 e. The van der Waals surface area contributed by atoms with Crippen LogP contribution in [0.25, 0.3) is 0 Å². The fourth-order valence-electron chi connectivity index (χ4n) is 0.707. The maximum Gasteiger partial charge on any atom is 0.166 e. The number of rotatable bonds is 5. The van der Waals surface area contributed by atoms with Gasteiger partial charge in [-0.15, -0.1) is 6.58 Å². The van der Waals surface area contributed by atoms with Gasteiger partial charge in [-0.05, 0) is 6.42 Å². The summed E-state index contributed by atoms with van der Waals surface area (Å²) in [5, 5.41) is 17.4. The third kappa shape index (κ3) is 3.76. The van der Waals surface area contributed by atoms with Gasteiger partial charge in [0.05, 0.1) is 18.8 Å². The van der Waals surface area contributed by atoms with Crippen LogP contribution in [0.15, 0.2) is 12.7 Å². The SMILES string of the molecule is C=CCOC(CC)[C@H](O)C#N. The molecule has 0 spiro atoms. The minimum atomic E-state index is -1.03. The zero-order valence-corrected chi connectivity index (χ0v) is 6.66. The third-order valence-corrected chi connectivity index (χ3v) is 1.31. The van der Waals surface area contributed by atoms with Crippen molar-refractivity contribution in [1.82, 2.24) is 0 Å². The summed E-state index contributed by atoms with van der Waals surface area (Å²) in [5.74, 6) is 0. The summed E-state index contributed by atoms with van der Waals surface area (Å²) < 4.78 is 5.10. The van der Waals surface area contributed by atoms with E-state index in [0.29, 0.717) is 13.0 Å². The molecule has 0 bridgehead atoms. The van der Waals surface area contributed by atoms with Crippen molar-refractivity contribution in [3.8, 4) is 6.07 Å². The maximum atomic E-state index is 9.02. The van der Waals surface area contributed by atoms with Gasteiger partial charge in [0.2, 0.25) is 0 Å². The van der Waals surface area contributed by atoms with Crippen molar-refractivity contribution in [1.29, 1.82) is 5.26 Å². The first-order valence-corrected chi connectivity index (χ1v) is 3.56. The lowest BCUT2D eigenvalue weighted by Gasteiger charge is -2.15. The molecule has 0 rings (SSSR count). The summed E-state index contributed by atoms with van der Waals surface area (Å²) in [5.41, 5.74) is 0. The molecule has 3 nitrogen and oxygen atoms in total. The Morgan fingerprint density at radius 3 is 2.82 bits per heavy atom. The molecule has 0 aromatic carbocycles. The van der Waals surface area contributed by atoms with E-state index >= 15 is 0 Å². The highest BCUT2D eigenvalue weighted by atomic mass is 16.5. The number of aliphatic hydroxyl groups is 1. The molecule has 62 valence electrons. The highest BCUT2D eigenvalue weighted by Gasteiger charge is 2.15. The largest absolute Gasteiger partial charge is 0.375 e. The predicted molar refractivity (Wildman–Crippen MR) is 41.8 cm³/mol. The zero-order chi connectivity index (χ0) is 8.69. The van der Waals surface area contributed by atoms with Crippen molar-refractivity contribution in [2.24, 2.45) is 0 Å². The first-order valence-electron chi connectivity index (χ1n) is 3.56. The zero-order valence-electron chi connectivity index (χ0n) is 6.66. The summed E-state index contributed by atoms with van der Waals surface area (Å²) in [6, 6.07) is 1.72. The van der Waals surface area contributed by atoms with Gasteiger partial charge in [0.1, 0.15) is 0 Å². The van der Waals surface area contributed by atoms with Crippen molar-refractivity contribution >= 4 is 0 Å². The Hall–Kier alpha value is -0.850. The molecule has 1 unspecified atom stereocenters. The molecule has 0 saturated heterocycles. The van der Waals surface area contributed by atoms with Crippen LogP contribution in [0.4, 0.5) is 0 Å². The van der Waals surface area contributed by atoms with E-state index in [0.717, 1.165) is 0 Å². The van der Waals surface area contributed by atoms with Crippen molar-refractivity contribution in [3.05, 3.63) is 12.7 Å². The first kappa shape index (κ1) is 10.2. The molecular weight excluding hydrogens is 142 g/mol. The van der Waals surface area contributed by atoms with Crippen LogP contribution in [0.2, 0.25) is 0 Å². The number of ether oxygens (including phenoxy) is 1. The molecule has 0 heterocycles. The molecule has 0 radical (unpaired) electrons. The van der Waals surface area contributed by atoms with Crippen LogP contribution in [0.3, 0.4) is 0 Å². The van der Waals surface area contributed by atoms with E-state index in [1.807, 2.05) is 6.92 Å². The van der Waals surface area contributed by atoms with Gasteiger partial charge in [-0.3, -0.25) is 0 Å². The highest BCUT2D eigenvalue weighted by molar-refractivity contribution is 4.88. The van der Waals surface area contributed by atoms with Gasteiger partial charge in [0.15, 0.2) is 6.10 Å². The second-order valence-electron chi connectivity index (χ2n) is 2.14. The van der Waals surface area contributed by atoms with E-state index in [1.165, 1.54) is 0 Å². The second-order valence-corrected chi connectivity index (χ2v) is 2.14. The molecule has 0 aromatic heterocycles. The Balaban J connectivity index is 3.76. The van der Waals surface area contributed by atoms with E-state index in [9.17, 15) is 0 Å². The average Bonchev–Trinajstić information content (AvgIpc) is 2.05. The third-order valence-electron chi connectivity index (χ3n) is 1.31. The van der Waals surface area contributed by atoms with Crippen LogP contribution < -0.4 is 0 Å². The Labute approximate surface area is 66.9 Å². The minimum absolute atomic E-state index is 0.372. The van der Waals surface area contributed by atoms with Gasteiger partial charge < -0.3 is 9.84 Å². The quantitative estimate of drug-likeness (QED) is 0.473. The van der Waals surface area contributed by atoms with E-state index in [4.69, 9.17) is 15.1 Å². The average molecular weight is 155 g/mol. The van der Waals surface area contributed by atoms with Crippen LogP contribution in [0.1, 0.15) is 13.3 Å². The summed E-state index contributed by atoms with van der Waals surface area (Å²) in [6.07, 6.45) is 0.799.